The highest BCUT2D eigenvalue weighted by Crippen LogP contribution is 2.33. The lowest BCUT2D eigenvalue weighted by Gasteiger charge is -2.23. The zero-order valence-corrected chi connectivity index (χ0v) is 13.7. The van der Waals surface area contributed by atoms with E-state index in [0.29, 0.717) is 23.3 Å². The van der Waals surface area contributed by atoms with E-state index >= 15 is 0 Å². The van der Waals surface area contributed by atoms with E-state index in [9.17, 15) is 4.79 Å². The zero-order chi connectivity index (χ0) is 14.2. The standard InChI is InChI=1S/C15H22BrNO2/c1-9(2)7-8-17(12-5-6-12)15(18)13-10(3)19-11(4)14(13)16/h9,12H,5-8H2,1-4H3. The number of carbonyl (C=O) groups is 1. The molecular weight excluding hydrogens is 306 g/mol. The average Bonchev–Trinajstić information content (AvgIpc) is 3.09. The summed E-state index contributed by atoms with van der Waals surface area (Å²) in [5.41, 5.74) is 0.702. The van der Waals surface area contributed by atoms with Crippen molar-refractivity contribution < 1.29 is 9.21 Å². The lowest BCUT2D eigenvalue weighted by molar-refractivity contribution is 0.0733. The minimum absolute atomic E-state index is 0.115. The smallest absolute Gasteiger partial charge is 0.258 e. The molecule has 1 aliphatic rings. The van der Waals surface area contributed by atoms with Gasteiger partial charge in [0.25, 0.3) is 5.91 Å². The van der Waals surface area contributed by atoms with Gasteiger partial charge in [-0.25, -0.2) is 0 Å². The molecule has 1 amide bonds. The third-order valence-electron chi connectivity index (χ3n) is 3.60. The van der Waals surface area contributed by atoms with Crippen molar-refractivity contribution in [2.45, 2.75) is 53.0 Å². The molecule has 0 atom stereocenters. The quantitative estimate of drug-likeness (QED) is 0.807. The highest BCUT2D eigenvalue weighted by atomic mass is 79.9. The second-order valence-corrected chi connectivity index (χ2v) is 6.61. The summed E-state index contributed by atoms with van der Waals surface area (Å²) in [5.74, 6) is 2.22. The normalized spacial score (nSPS) is 15.1. The number of halogens is 1. The zero-order valence-electron chi connectivity index (χ0n) is 12.1. The molecule has 106 valence electrons. The Labute approximate surface area is 123 Å². The van der Waals surface area contributed by atoms with Crippen LogP contribution in [0.2, 0.25) is 0 Å². The van der Waals surface area contributed by atoms with E-state index in [-0.39, 0.29) is 5.91 Å². The van der Waals surface area contributed by atoms with Gasteiger partial charge in [-0.1, -0.05) is 13.8 Å². The van der Waals surface area contributed by atoms with Crippen LogP contribution in [0.25, 0.3) is 0 Å². The van der Waals surface area contributed by atoms with Crippen molar-refractivity contribution >= 4 is 21.8 Å². The van der Waals surface area contributed by atoms with Crippen molar-refractivity contribution in [3.8, 4) is 0 Å². The molecule has 4 heteroatoms. The van der Waals surface area contributed by atoms with Crippen LogP contribution in [0.15, 0.2) is 8.89 Å². The first kappa shape index (κ1) is 14.6. The molecule has 1 heterocycles. The molecule has 0 aromatic carbocycles. The fourth-order valence-corrected chi connectivity index (χ4v) is 2.81. The van der Waals surface area contributed by atoms with Crippen LogP contribution in [0.1, 0.15) is 55.0 Å². The molecule has 0 bridgehead atoms. The van der Waals surface area contributed by atoms with Gasteiger partial charge in [-0.3, -0.25) is 4.79 Å². The summed E-state index contributed by atoms with van der Waals surface area (Å²) in [6, 6.07) is 0.438. The minimum Gasteiger partial charge on any atom is -0.465 e. The molecule has 0 aliphatic heterocycles. The van der Waals surface area contributed by atoms with Crippen molar-refractivity contribution in [1.82, 2.24) is 4.90 Å². The molecule has 0 spiro atoms. The fourth-order valence-electron chi connectivity index (χ4n) is 2.28. The van der Waals surface area contributed by atoms with Crippen molar-refractivity contribution in [1.29, 1.82) is 0 Å². The van der Waals surface area contributed by atoms with Crippen molar-refractivity contribution in [2.75, 3.05) is 6.54 Å². The van der Waals surface area contributed by atoms with Crippen molar-refractivity contribution in [3.63, 3.8) is 0 Å². The van der Waals surface area contributed by atoms with Crippen LogP contribution in [-0.2, 0) is 0 Å². The summed E-state index contributed by atoms with van der Waals surface area (Å²) in [6.45, 7) is 8.97. The summed E-state index contributed by atoms with van der Waals surface area (Å²) in [6.07, 6.45) is 3.32. The third kappa shape index (κ3) is 3.22. The first-order valence-corrected chi connectivity index (χ1v) is 7.77. The number of carbonyl (C=O) groups excluding carboxylic acids is 1. The maximum absolute atomic E-state index is 12.7. The molecule has 0 N–H and O–H groups in total. The van der Waals surface area contributed by atoms with Gasteiger partial charge in [0.05, 0.1) is 10.0 Å². The maximum Gasteiger partial charge on any atom is 0.258 e. The number of hydrogen-bond acceptors (Lipinski definition) is 2. The van der Waals surface area contributed by atoms with Gasteiger partial charge in [0.2, 0.25) is 0 Å². The van der Waals surface area contributed by atoms with Gasteiger partial charge in [-0.05, 0) is 55.0 Å². The number of aryl methyl sites for hydroxylation is 2. The Hall–Kier alpha value is -0.770. The Kier molecular flexibility index (Phi) is 4.39. The van der Waals surface area contributed by atoms with Crippen molar-refractivity contribution in [2.24, 2.45) is 5.92 Å². The van der Waals surface area contributed by atoms with Gasteiger partial charge in [0, 0.05) is 12.6 Å². The van der Waals surface area contributed by atoms with Gasteiger partial charge >= 0.3 is 0 Å². The molecular formula is C15H22BrNO2. The predicted molar refractivity (Wildman–Crippen MR) is 79.4 cm³/mol. The van der Waals surface area contributed by atoms with Crippen LogP contribution in [0.3, 0.4) is 0 Å². The van der Waals surface area contributed by atoms with E-state index in [1.165, 1.54) is 0 Å². The first-order chi connectivity index (χ1) is 8.91. The van der Waals surface area contributed by atoms with Crippen molar-refractivity contribution in [3.05, 3.63) is 21.6 Å². The molecule has 1 aromatic rings. The van der Waals surface area contributed by atoms with E-state index in [2.05, 4.69) is 29.8 Å². The predicted octanol–water partition coefficient (Wildman–Crippen LogP) is 4.31. The molecule has 0 saturated heterocycles. The number of amides is 1. The van der Waals surface area contributed by atoms with E-state index in [0.717, 1.165) is 36.0 Å². The Morgan fingerprint density at radius 3 is 2.42 bits per heavy atom. The molecule has 0 radical (unpaired) electrons. The summed E-state index contributed by atoms with van der Waals surface area (Å²) in [7, 11) is 0. The van der Waals surface area contributed by atoms with Crippen LogP contribution in [0.5, 0.6) is 0 Å². The van der Waals surface area contributed by atoms with E-state index in [1.54, 1.807) is 0 Å². The fraction of sp³-hybridized carbons (Fsp3) is 0.667. The number of hydrogen-bond donors (Lipinski definition) is 0. The summed E-state index contributed by atoms with van der Waals surface area (Å²) >= 11 is 3.48. The maximum atomic E-state index is 12.7. The molecule has 1 aromatic heterocycles. The molecule has 1 aliphatic carbocycles. The monoisotopic (exact) mass is 327 g/mol. The highest BCUT2D eigenvalue weighted by molar-refractivity contribution is 9.10. The average molecular weight is 328 g/mol. The highest BCUT2D eigenvalue weighted by Gasteiger charge is 2.35. The Bertz CT molecular complexity index is 475. The summed E-state index contributed by atoms with van der Waals surface area (Å²) in [5, 5.41) is 0. The molecule has 1 saturated carbocycles. The first-order valence-electron chi connectivity index (χ1n) is 6.98. The van der Waals surface area contributed by atoms with E-state index in [1.807, 2.05) is 18.7 Å². The SMILES string of the molecule is Cc1oc(C)c(C(=O)N(CCC(C)C)C2CC2)c1Br. The van der Waals surface area contributed by atoms with E-state index < -0.39 is 0 Å². The van der Waals surface area contributed by atoms with E-state index in [4.69, 9.17) is 4.42 Å². The van der Waals surface area contributed by atoms with Crippen LogP contribution in [0, 0.1) is 19.8 Å². The Morgan fingerprint density at radius 2 is 2.00 bits per heavy atom. The third-order valence-corrected chi connectivity index (χ3v) is 4.55. The largest absolute Gasteiger partial charge is 0.465 e. The second-order valence-electron chi connectivity index (χ2n) is 5.82. The Morgan fingerprint density at radius 1 is 1.37 bits per heavy atom. The van der Waals surface area contributed by atoms with Crippen LogP contribution < -0.4 is 0 Å². The van der Waals surface area contributed by atoms with Crippen LogP contribution in [0.4, 0.5) is 0 Å². The van der Waals surface area contributed by atoms with Crippen LogP contribution >= 0.6 is 15.9 Å². The van der Waals surface area contributed by atoms with Gasteiger partial charge in [0.15, 0.2) is 0 Å². The topological polar surface area (TPSA) is 33.5 Å². The van der Waals surface area contributed by atoms with Gasteiger partial charge in [-0.15, -0.1) is 0 Å². The molecule has 0 unspecified atom stereocenters. The Balaban J connectivity index is 2.19. The van der Waals surface area contributed by atoms with Gasteiger partial charge < -0.3 is 9.32 Å². The lowest BCUT2D eigenvalue weighted by atomic mass is 10.1. The number of nitrogens with zero attached hydrogens (tertiary/aromatic N) is 1. The number of rotatable bonds is 5. The summed E-state index contributed by atoms with van der Waals surface area (Å²) < 4.78 is 6.36. The molecule has 2 rings (SSSR count). The van der Waals surface area contributed by atoms with Crippen LogP contribution in [-0.4, -0.2) is 23.4 Å². The lowest BCUT2D eigenvalue weighted by Crippen LogP contribution is -2.35. The van der Waals surface area contributed by atoms with Gasteiger partial charge in [0.1, 0.15) is 11.5 Å². The molecule has 3 nitrogen and oxygen atoms in total. The molecule has 19 heavy (non-hydrogen) atoms. The molecule has 1 fully saturated rings. The second kappa shape index (κ2) is 5.70. The minimum atomic E-state index is 0.115. The number of furan rings is 1. The van der Waals surface area contributed by atoms with Gasteiger partial charge in [-0.2, -0.15) is 0 Å². The summed E-state index contributed by atoms with van der Waals surface area (Å²) in [4.78, 5) is 14.8.